The predicted octanol–water partition coefficient (Wildman–Crippen LogP) is 0.990. The van der Waals surface area contributed by atoms with Crippen LogP contribution in [-0.4, -0.2) is 43.8 Å². The molecule has 0 aromatic carbocycles. The second-order valence-corrected chi connectivity index (χ2v) is 5.60. The van der Waals surface area contributed by atoms with Crippen LogP contribution in [0.25, 0.3) is 0 Å². The van der Waals surface area contributed by atoms with E-state index in [0.717, 1.165) is 0 Å². The van der Waals surface area contributed by atoms with Crippen LogP contribution in [-0.2, 0) is 14.2 Å². The molecule has 1 aliphatic carbocycles. The highest BCUT2D eigenvalue weighted by atomic mass is 16.7. The Morgan fingerprint density at radius 2 is 2.06 bits per heavy atom. The Morgan fingerprint density at radius 3 is 2.61 bits per heavy atom. The quantitative estimate of drug-likeness (QED) is 0.737. The Bertz CT molecular complexity index is 278. The van der Waals surface area contributed by atoms with E-state index in [1.54, 1.807) is 7.11 Å². The normalized spacial score (nSPS) is 28.2. The summed E-state index contributed by atoms with van der Waals surface area (Å²) in [6.45, 7) is 5.67. The Kier molecular flexibility index (Phi) is 5.37. The number of ether oxygens (including phenoxy) is 3. The molecule has 0 aliphatic heterocycles. The van der Waals surface area contributed by atoms with Gasteiger partial charge in [-0.2, -0.15) is 0 Å². The zero-order chi connectivity index (χ0) is 13.8. The van der Waals surface area contributed by atoms with Crippen molar-refractivity contribution in [1.29, 1.82) is 0 Å². The second-order valence-electron chi connectivity index (χ2n) is 5.60. The van der Waals surface area contributed by atoms with Crippen molar-refractivity contribution in [3.05, 3.63) is 0 Å². The molecule has 0 bridgehead atoms. The van der Waals surface area contributed by atoms with E-state index in [9.17, 15) is 4.79 Å². The third kappa shape index (κ3) is 5.20. The zero-order valence-electron chi connectivity index (χ0n) is 11.6. The smallest absolute Gasteiger partial charge is 0.407 e. The number of carbonyl (C=O) groups excluding carboxylic acids is 1. The number of nitrogens with one attached hydrogen (secondary N) is 1. The summed E-state index contributed by atoms with van der Waals surface area (Å²) in [4.78, 5) is 11.7. The summed E-state index contributed by atoms with van der Waals surface area (Å²) in [6, 6.07) is -0.0863. The number of carbonyl (C=O) groups is 1. The van der Waals surface area contributed by atoms with Gasteiger partial charge in [0.05, 0.1) is 12.1 Å². The van der Waals surface area contributed by atoms with E-state index < -0.39 is 11.7 Å². The van der Waals surface area contributed by atoms with E-state index in [1.807, 2.05) is 20.8 Å². The molecule has 1 aliphatic rings. The molecule has 1 rings (SSSR count). The van der Waals surface area contributed by atoms with Crippen LogP contribution in [0.2, 0.25) is 0 Å². The van der Waals surface area contributed by atoms with Crippen LogP contribution in [0.15, 0.2) is 0 Å². The maximum Gasteiger partial charge on any atom is 0.407 e. The second kappa shape index (κ2) is 6.36. The lowest BCUT2D eigenvalue weighted by Crippen LogP contribution is -2.43. The topological polar surface area (TPSA) is 82.8 Å². The van der Waals surface area contributed by atoms with Crippen molar-refractivity contribution in [2.75, 3.05) is 13.9 Å². The van der Waals surface area contributed by atoms with Crippen molar-refractivity contribution in [3.8, 4) is 0 Å². The molecule has 0 spiro atoms. The summed E-state index contributed by atoms with van der Waals surface area (Å²) in [5.74, 6) is 0. The predicted molar refractivity (Wildman–Crippen MR) is 67.1 cm³/mol. The summed E-state index contributed by atoms with van der Waals surface area (Å²) in [6.07, 6.45) is 0.845. The average molecular weight is 260 g/mol. The highest BCUT2D eigenvalue weighted by Crippen LogP contribution is 2.22. The maximum atomic E-state index is 11.7. The van der Waals surface area contributed by atoms with Crippen LogP contribution < -0.4 is 11.1 Å². The minimum absolute atomic E-state index is 0.0341. The third-order valence-electron chi connectivity index (χ3n) is 2.64. The van der Waals surface area contributed by atoms with Crippen molar-refractivity contribution in [3.63, 3.8) is 0 Å². The van der Waals surface area contributed by atoms with E-state index >= 15 is 0 Å². The summed E-state index contributed by atoms with van der Waals surface area (Å²) < 4.78 is 15.6. The number of rotatable bonds is 4. The van der Waals surface area contributed by atoms with Crippen molar-refractivity contribution in [2.45, 2.75) is 57.4 Å². The minimum Gasteiger partial charge on any atom is -0.444 e. The lowest BCUT2D eigenvalue weighted by Gasteiger charge is -2.24. The molecule has 106 valence electrons. The first-order valence-electron chi connectivity index (χ1n) is 6.17. The number of amides is 1. The molecule has 1 fully saturated rings. The SMILES string of the molecule is COCO[C@@H]1C[C@@H](N)C[C@H]1NC(=O)OC(C)(C)C. The molecule has 0 unspecified atom stereocenters. The molecule has 1 amide bonds. The lowest BCUT2D eigenvalue weighted by atomic mass is 10.2. The van der Waals surface area contributed by atoms with Gasteiger partial charge in [-0.1, -0.05) is 0 Å². The summed E-state index contributed by atoms with van der Waals surface area (Å²) >= 11 is 0. The van der Waals surface area contributed by atoms with Gasteiger partial charge in [-0.3, -0.25) is 0 Å². The summed E-state index contributed by atoms with van der Waals surface area (Å²) in [7, 11) is 1.56. The fourth-order valence-electron chi connectivity index (χ4n) is 1.99. The lowest BCUT2D eigenvalue weighted by molar-refractivity contribution is -0.0771. The van der Waals surface area contributed by atoms with Gasteiger partial charge >= 0.3 is 6.09 Å². The maximum absolute atomic E-state index is 11.7. The molecule has 3 N–H and O–H groups in total. The van der Waals surface area contributed by atoms with Crippen molar-refractivity contribution >= 4 is 6.09 Å². The molecule has 0 heterocycles. The highest BCUT2D eigenvalue weighted by molar-refractivity contribution is 5.68. The number of hydrogen-bond acceptors (Lipinski definition) is 5. The van der Waals surface area contributed by atoms with Crippen LogP contribution in [0.3, 0.4) is 0 Å². The van der Waals surface area contributed by atoms with Gasteiger partial charge in [0.25, 0.3) is 0 Å². The number of nitrogens with two attached hydrogens (primary N) is 1. The number of hydrogen-bond donors (Lipinski definition) is 2. The van der Waals surface area contributed by atoms with Gasteiger partial charge in [0.1, 0.15) is 12.4 Å². The molecule has 6 heteroatoms. The molecular weight excluding hydrogens is 236 g/mol. The molecule has 0 radical (unpaired) electrons. The van der Waals surface area contributed by atoms with Gasteiger partial charge in [-0.05, 0) is 33.6 Å². The van der Waals surface area contributed by atoms with Crippen LogP contribution >= 0.6 is 0 Å². The van der Waals surface area contributed by atoms with Gasteiger partial charge in [0.2, 0.25) is 0 Å². The molecule has 0 aromatic heterocycles. The van der Waals surface area contributed by atoms with Crippen molar-refractivity contribution < 1.29 is 19.0 Å². The summed E-state index contributed by atoms with van der Waals surface area (Å²) in [5, 5.41) is 2.80. The fraction of sp³-hybridized carbons (Fsp3) is 0.917. The Hall–Kier alpha value is -0.850. The molecule has 1 saturated carbocycles. The van der Waals surface area contributed by atoms with Crippen molar-refractivity contribution in [2.24, 2.45) is 5.73 Å². The third-order valence-corrected chi connectivity index (χ3v) is 2.64. The average Bonchev–Trinajstić information content (AvgIpc) is 2.52. The summed E-state index contributed by atoms with van der Waals surface area (Å²) in [5.41, 5.74) is 5.37. The number of methoxy groups -OCH3 is 1. The highest BCUT2D eigenvalue weighted by Gasteiger charge is 2.35. The Labute approximate surface area is 108 Å². The first-order valence-corrected chi connectivity index (χ1v) is 6.17. The molecule has 6 nitrogen and oxygen atoms in total. The Morgan fingerprint density at radius 1 is 1.39 bits per heavy atom. The van der Waals surface area contributed by atoms with E-state index in [4.69, 9.17) is 19.9 Å². The van der Waals surface area contributed by atoms with Crippen molar-refractivity contribution in [1.82, 2.24) is 5.32 Å². The molecule has 3 atom stereocenters. The van der Waals surface area contributed by atoms with Gasteiger partial charge in [-0.25, -0.2) is 4.79 Å². The fourth-order valence-corrected chi connectivity index (χ4v) is 1.99. The monoisotopic (exact) mass is 260 g/mol. The van der Waals surface area contributed by atoms with Gasteiger partial charge < -0.3 is 25.3 Å². The first kappa shape index (κ1) is 15.2. The molecular formula is C12H24N2O4. The zero-order valence-corrected chi connectivity index (χ0v) is 11.6. The van der Waals surface area contributed by atoms with Gasteiger partial charge in [0, 0.05) is 13.2 Å². The standard InChI is InChI=1S/C12H24N2O4/c1-12(2,3)18-11(15)14-9-5-8(13)6-10(9)17-7-16-4/h8-10H,5-7,13H2,1-4H3,(H,14,15)/t8-,9+,10+/m0/s1. The van der Waals surface area contributed by atoms with Crippen LogP contribution in [0, 0.1) is 0 Å². The molecule has 0 aromatic rings. The molecule has 0 saturated heterocycles. The van der Waals surface area contributed by atoms with Gasteiger partial charge in [-0.15, -0.1) is 0 Å². The van der Waals surface area contributed by atoms with Crippen LogP contribution in [0.1, 0.15) is 33.6 Å². The van der Waals surface area contributed by atoms with E-state index in [1.165, 1.54) is 0 Å². The minimum atomic E-state index is -0.506. The molecule has 18 heavy (non-hydrogen) atoms. The van der Waals surface area contributed by atoms with Crippen LogP contribution in [0.5, 0.6) is 0 Å². The van der Waals surface area contributed by atoms with Crippen LogP contribution in [0.4, 0.5) is 4.79 Å². The Balaban J connectivity index is 2.45. The van der Waals surface area contributed by atoms with E-state index in [0.29, 0.717) is 12.8 Å². The van der Waals surface area contributed by atoms with E-state index in [2.05, 4.69) is 5.32 Å². The first-order chi connectivity index (χ1) is 8.31. The van der Waals surface area contributed by atoms with E-state index in [-0.39, 0.29) is 25.0 Å². The number of alkyl carbamates (subject to hydrolysis) is 1. The van der Waals surface area contributed by atoms with Gasteiger partial charge in [0.15, 0.2) is 0 Å². The largest absolute Gasteiger partial charge is 0.444 e.